The summed E-state index contributed by atoms with van der Waals surface area (Å²) < 4.78 is 2.36. The van der Waals surface area contributed by atoms with Gasteiger partial charge in [-0.3, -0.25) is 9.59 Å². The normalized spacial score (nSPS) is 20.3. The second kappa shape index (κ2) is 8.66. The molecule has 160 valence electrons. The number of nitrogens with one attached hydrogen (secondary N) is 2. The molecule has 1 aliphatic heterocycles. The maximum absolute atomic E-state index is 13.3. The molecule has 2 unspecified atom stereocenters. The summed E-state index contributed by atoms with van der Waals surface area (Å²) in [7, 11) is 0. The number of nitrogens with zero attached hydrogens (tertiary/aromatic N) is 1. The Kier molecular flexibility index (Phi) is 5.98. The molecule has 2 amide bonds. The third-order valence-electron chi connectivity index (χ3n) is 6.72. The zero-order chi connectivity index (χ0) is 21.3. The van der Waals surface area contributed by atoms with Crippen molar-refractivity contribution in [3.63, 3.8) is 0 Å². The fourth-order valence-electron chi connectivity index (χ4n) is 5.28. The minimum Gasteiger partial charge on any atom is -0.353 e. The van der Waals surface area contributed by atoms with Crippen LogP contribution in [-0.4, -0.2) is 22.4 Å². The molecule has 1 aliphatic carbocycles. The lowest BCUT2D eigenvalue weighted by Crippen LogP contribution is -2.28. The van der Waals surface area contributed by atoms with Gasteiger partial charge in [0.1, 0.15) is 0 Å². The highest BCUT2D eigenvalue weighted by molar-refractivity contribution is 5.97. The molecule has 5 heteroatoms. The van der Waals surface area contributed by atoms with Gasteiger partial charge in [-0.1, -0.05) is 36.8 Å². The largest absolute Gasteiger partial charge is 0.353 e. The van der Waals surface area contributed by atoms with Gasteiger partial charge in [0, 0.05) is 36.9 Å². The lowest BCUT2D eigenvalue weighted by atomic mass is 9.95. The summed E-state index contributed by atoms with van der Waals surface area (Å²) in [6.07, 6.45) is 5.41. The van der Waals surface area contributed by atoms with E-state index in [1.54, 1.807) is 0 Å². The molecular formula is C25H33N3O2. The van der Waals surface area contributed by atoms with Gasteiger partial charge in [0.25, 0.3) is 5.91 Å². The van der Waals surface area contributed by atoms with Crippen molar-refractivity contribution in [1.82, 2.24) is 15.2 Å². The number of rotatable bonds is 7. The van der Waals surface area contributed by atoms with Crippen LogP contribution in [0.2, 0.25) is 0 Å². The number of hydrogen-bond acceptors (Lipinski definition) is 2. The highest BCUT2D eigenvalue weighted by Gasteiger charge is 2.35. The molecule has 5 nitrogen and oxygen atoms in total. The second-order valence-electron chi connectivity index (χ2n) is 8.83. The van der Waals surface area contributed by atoms with Gasteiger partial charge in [-0.05, 0) is 63.0 Å². The topological polar surface area (TPSA) is 63.1 Å². The second-order valence-corrected chi connectivity index (χ2v) is 8.83. The smallest absolute Gasteiger partial charge is 0.253 e. The van der Waals surface area contributed by atoms with Crippen LogP contribution in [-0.2, 0) is 37.1 Å². The first-order valence-corrected chi connectivity index (χ1v) is 11.4. The van der Waals surface area contributed by atoms with E-state index < -0.39 is 0 Å². The van der Waals surface area contributed by atoms with E-state index in [0.29, 0.717) is 24.9 Å². The molecule has 1 aromatic carbocycles. The molecule has 0 saturated carbocycles. The number of fused-ring (bicyclic) bond motifs is 1. The molecule has 2 aromatic rings. The van der Waals surface area contributed by atoms with Crippen LogP contribution in [0.4, 0.5) is 0 Å². The third kappa shape index (κ3) is 4.03. The number of carbonyl (C=O) groups is 2. The Labute approximate surface area is 179 Å². The van der Waals surface area contributed by atoms with Gasteiger partial charge in [0.15, 0.2) is 0 Å². The molecule has 4 rings (SSSR count). The number of benzene rings is 1. The van der Waals surface area contributed by atoms with Crippen LogP contribution in [0, 0.1) is 12.8 Å². The van der Waals surface area contributed by atoms with Crippen LogP contribution in [0.3, 0.4) is 0 Å². The average molecular weight is 408 g/mol. The predicted molar refractivity (Wildman–Crippen MR) is 119 cm³/mol. The van der Waals surface area contributed by atoms with Gasteiger partial charge in [0.05, 0.1) is 5.56 Å². The third-order valence-corrected chi connectivity index (χ3v) is 6.72. The number of carbonyl (C=O) groups excluding carboxylic acids is 2. The fraction of sp³-hybridized carbons (Fsp3) is 0.520. The molecular weight excluding hydrogens is 374 g/mol. The molecule has 2 heterocycles. The molecule has 0 spiro atoms. The molecule has 0 bridgehead atoms. The molecule has 2 aliphatic rings. The van der Waals surface area contributed by atoms with Gasteiger partial charge in [-0.25, -0.2) is 0 Å². The van der Waals surface area contributed by atoms with Gasteiger partial charge in [0.2, 0.25) is 5.91 Å². The van der Waals surface area contributed by atoms with Crippen molar-refractivity contribution in [1.29, 1.82) is 0 Å². The molecule has 30 heavy (non-hydrogen) atoms. The van der Waals surface area contributed by atoms with Crippen LogP contribution < -0.4 is 10.6 Å². The summed E-state index contributed by atoms with van der Waals surface area (Å²) in [5.41, 5.74) is 6.98. The SMILES string of the molecule is CCc1c(C(=O)NCc2ccc(C)cc2)c2c(n1CC)CC(CC1CCC(=O)N1)C2. The first kappa shape index (κ1) is 20.7. The molecule has 1 saturated heterocycles. The van der Waals surface area contributed by atoms with Crippen molar-refractivity contribution in [3.05, 3.63) is 57.9 Å². The van der Waals surface area contributed by atoms with Crippen LogP contribution >= 0.6 is 0 Å². The van der Waals surface area contributed by atoms with E-state index >= 15 is 0 Å². The Bertz CT molecular complexity index is 942. The molecule has 1 fully saturated rings. The average Bonchev–Trinajstić information content (AvgIpc) is 3.40. The highest BCUT2D eigenvalue weighted by atomic mass is 16.2. The Morgan fingerprint density at radius 2 is 1.97 bits per heavy atom. The van der Waals surface area contributed by atoms with E-state index in [-0.39, 0.29) is 11.8 Å². The zero-order valence-corrected chi connectivity index (χ0v) is 18.4. The van der Waals surface area contributed by atoms with E-state index in [1.165, 1.54) is 16.8 Å². The summed E-state index contributed by atoms with van der Waals surface area (Å²) in [6, 6.07) is 8.60. The van der Waals surface area contributed by atoms with Crippen LogP contribution in [0.5, 0.6) is 0 Å². The van der Waals surface area contributed by atoms with Crippen molar-refractivity contribution in [3.8, 4) is 0 Å². The Balaban J connectivity index is 1.52. The quantitative estimate of drug-likeness (QED) is 0.735. The highest BCUT2D eigenvalue weighted by Crippen LogP contribution is 2.37. The van der Waals surface area contributed by atoms with Crippen molar-refractivity contribution in [2.45, 2.75) is 78.4 Å². The minimum absolute atomic E-state index is 0.0469. The summed E-state index contributed by atoms with van der Waals surface area (Å²) in [4.78, 5) is 24.8. The summed E-state index contributed by atoms with van der Waals surface area (Å²) >= 11 is 0. The van der Waals surface area contributed by atoms with Gasteiger partial charge < -0.3 is 15.2 Å². The Hall–Kier alpha value is -2.56. The Morgan fingerprint density at radius 3 is 2.60 bits per heavy atom. The van der Waals surface area contributed by atoms with Crippen LogP contribution in [0.1, 0.15) is 71.5 Å². The minimum atomic E-state index is 0.0469. The van der Waals surface area contributed by atoms with E-state index in [2.05, 4.69) is 60.2 Å². The number of hydrogen-bond donors (Lipinski definition) is 2. The lowest BCUT2D eigenvalue weighted by Gasteiger charge is -2.18. The summed E-state index contributed by atoms with van der Waals surface area (Å²) in [6.45, 7) is 7.81. The monoisotopic (exact) mass is 407 g/mol. The van der Waals surface area contributed by atoms with E-state index in [1.807, 2.05) is 0 Å². The van der Waals surface area contributed by atoms with Crippen LogP contribution in [0.25, 0.3) is 0 Å². The van der Waals surface area contributed by atoms with Crippen molar-refractivity contribution < 1.29 is 9.59 Å². The summed E-state index contributed by atoms with van der Waals surface area (Å²) in [5, 5.41) is 6.27. The Morgan fingerprint density at radius 1 is 1.20 bits per heavy atom. The van der Waals surface area contributed by atoms with E-state index in [0.717, 1.165) is 55.5 Å². The van der Waals surface area contributed by atoms with E-state index in [4.69, 9.17) is 0 Å². The number of aromatic nitrogens is 1. The standard InChI is InChI=1S/C25H33N3O2/c1-4-21-24(25(30)26-15-17-8-6-16(3)7-9-17)20-13-18(14-22(20)28(21)5-2)12-19-10-11-23(29)27-19/h6-9,18-19H,4-5,10-15H2,1-3H3,(H,26,30)(H,27,29). The number of amides is 2. The van der Waals surface area contributed by atoms with E-state index in [9.17, 15) is 9.59 Å². The van der Waals surface area contributed by atoms with Gasteiger partial charge >= 0.3 is 0 Å². The fourth-order valence-corrected chi connectivity index (χ4v) is 5.28. The first-order chi connectivity index (χ1) is 14.5. The maximum atomic E-state index is 13.3. The van der Waals surface area contributed by atoms with Crippen molar-refractivity contribution >= 4 is 11.8 Å². The maximum Gasteiger partial charge on any atom is 0.253 e. The predicted octanol–water partition coefficient (Wildman–Crippen LogP) is 3.69. The zero-order valence-electron chi connectivity index (χ0n) is 18.4. The summed E-state index contributed by atoms with van der Waals surface area (Å²) in [5.74, 6) is 0.731. The van der Waals surface area contributed by atoms with Crippen LogP contribution in [0.15, 0.2) is 24.3 Å². The van der Waals surface area contributed by atoms with Gasteiger partial charge in [-0.2, -0.15) is 0 Å². The molecule has 1 aromatic heterocycles. The number of aryl methyl sites for hydroxylation is 1. The molecule has 0 radical (unpaired) electrons. The van der Waals surface area contributed by atoms with Crippen molar-refractivity contribution in [2.75, 3.05) is 0 Å². The van der Waals surface area contributed by atoms with Gasteiger partial charge in [-0.15, -0.1) is 0 Å². The first-order valence-electron chi connectivity index (χ1n) is 11.4. The van der Waals surface area contributed by atoms with Crippen molar-refractivity contribution in [2.24, 2.45) is 5.92 Å². The molecule has 2 atom stereocenters. The lowest BCUT2D eigenvalue weighted by molar-refractivity contribution is -0.119. The molecule has 2 N–H and O–H groups in total.